The molecule has 0 saturated heterocycles. The number of aryl methyl sites for hydroxylation is 1. The van der Waals surface area contributed by atoms with Gasteiger partial charge in [0.2, 0.25) is 0 Å². The van der Waals surface area contributed by atoms with E-state index in [4.69, 9.17) is 11.6 Å². The minimum atomic E-state index is -0.730. The molecule has 20 heavy (non-hydrogen) atoms. The monoisotopic (exact) mass is 283 g/mol. The standard InChI is InChI=1S/C17H14ClNO/c1-11-7-8-13(10-15(11)18)17(20)14-6-2-4-12-5-3-9-19-16(12)14/h2-10,17,20H,1H3. The second-order valence-electron chi connectivity index (χ2n) is 4.83. The number of aromatic nitrogens is 1. The highest BCUT2D eigenvalue weighted by Crippen LogP contribution is 2.29. The molecule has 0 saturated carbocycles. The van der Waals surface area contributed by atoms with Gasteiger partial charge in [-0.15, -0.1) is 0 Å². The largest absolute Gasteiger partial charge is 0.384 e. The number of pyridine rings is 1. The maximum absolute atomic E-state index is 10.6. The summed E-state index contributed by atoms with van der Waals surface area (Å²) in [7, 11) is 0. The first kappa shape index (κ1) is 13.1. The van der Waals surface area contributed by atoms with Gasteiger partial charge >= 0.3 is 0 Å². The second-order valence-corrected chi connectivity index (χ2v) is 5.24. The first-order valence-electron chi connectivity index (χ1n) is 6.44. The lowest BCUT2D eigenvalue weighted by atomic mass is 9.98. The summed E-state index contributed by atoms with van der Waals surface area (Å²) in [4.78, 5) is 4.37. The Kier molecular flexibility index (Phi) is 3.43. The van der Waals surface area contributed by atoms with Gasteiger partial charge in [0.25, 0.3) is 0 Å². The summed E-state index contributed by atoms with van der Waals surface area (Å²) in [5.74, 6) is 0. The third-order valence-electron chi connectivity index (χ3n) is 3.47. The molecule has 1 unspecified atom stereocenters. The first-order valence-corrected chi connectivity index (χ1v) is 6.82. The van der Waals surface area contributed by atoms with Crippen molar-refractivity contribution in [3.63, 3.8) is 0 Å². The Morgan fingerprint density at radius 1 is 1.10 bits per heavy atom. The van der Waals surface area contributed by atoms with E-state index in [1.807, 2.05) is 55.5 Å². The van der Waals surface area contributed by atoms with Crippen molar-refractivity contribution in [3.8, 4) is 0 Å². The fourth-order valence-electron chi connectivity index (χ4n) is 2.31. The van der Waals surface area contributed by atoms with Gasteiger partial charge in [0.05, 0.1) is 5.52 Å². The predicted molar refractivity (Wildman–Crippen MR) is 82.0 cm³/mol. The molecule has 0 aliphatic heterocycles. The number of aliphatic hydroxyl groups is 1. The Morgan fingerprint density at radius 3 is 2.70 bits per heavy atom. The zero-order valence-electron chi connectivity index (χ0n) is 11.0. The molecule has 0 aliphatic carbocycles. The van der Waals surface area contributed by atoms with Crippen LogP contribution in [-0.2, 0) is 0 Å². The normalized spacial score (nSPS) is 12.6. The van der Waals surface area contributed by atoms with Crippen molar-refractivity contribution in [2.75, 3.05) is 0 Å². The van der Waals surface area contributed by atoms with Crippen LogP contribution in [0.5, 0.6) is 0 Å². The molecule has 0 radical (unpaired) electrons. The van der Waals surface area contributed by atoms with Gasteiger partial charge in [0.1, 0.15) is 6.10 Å². The lowest BCUT2D eigenvalue weighted by Gasteiger charge is -2.14. The summed E-state index contributed by atoms with van der Waals surface area (Å²) in [5.41, 5.74) is 3.39. The molecule has 1 N–H and O–H groups in total. The Balaban J connectivity index is 2.12. The van der Waals surface area contributed by atoms with Crippen molar-refractivity contribution in [2.24, 2.45) is 0 Å². The van der Waals surface area contributed by atoms with E-state index < -0.39 is 6.10 Å². The number of fused-ring (bicyclic) bond motifs is 1. The van der Waals surface area contributed by atoms with Gasteiger partial charge in [-0.1, -0.05) is 48.0 Å². The molecule has 3 aromatic rings. The van der Waals surface area contributed by atoms with Gasteiger partial charge in [-0.25, -0.2) is 0 Å². The summed E-state index contributed by atoms with van der Waals surface area (Å²) < 4.78 is 0. The van der Waals surface area contributed by atoms with Crippen molar-refractivity contribution in [3.05, 3.63) is 76.4 Å². The predicted octanol–water partition coefficient (Wildman–Crippen LogP) is 4.28. The molecule has 2 aromatic carbocycles. The first-order chi connectivity index (χ1) is 9.66. The zero-order valence-corrected chi connectivity index (χ0v) is 11.8. The third-order valence-corrected chi connectivity index (χ3v) is 3.88. The molecule has 1 heterocycles. The Hall–Kier alpha value is -1.90. The fraction of sp³-hybridized carbons (Fsp3) is 0.118. The summed E-state index contributed by atoms with van der Waals surface area (Å²) in [5, 5.41) is 12.3. The van der Waals surface area contributed by atoms with E-state index in [9.17, 15) is 5.11 Å². The van der Waals surface area contributed by atoms with E-state index in [2.05, 4.69) is 4.98 Å². The molecule has 0 bridgehead atoms. The smallest absolute Gasteiger partial charge is 0.106 e. The van der Waals surface area contributed by atoms with Gasteiger partial charge in [0, 0.05) is 22.2 Å². The molecule has 0 aliphatic rings. The Bertz CT molecular complexity index is 765. The molecule has 3 heteroatoms. The summed E-state index contributed by atoms with van der Waals surface area (Å²) in [6, 6.07) is 15.3. The zero-order chi connectivity index (χ0) is 14.1. The number of para-hydroxylation sites is 1. The topological polar surface area (TPSA) is 33.1 Å². The van der Waals surface area contributed by atoms with Gasteiger partial charge in [-0.3, -0.25) is 4.98 Å². The van der Waals surface area contributed by atoms with Crippen LogP contribution in [0.3, 0.4) is 0 Å². The Morgan fingerprint density at radius 2 is 1.90 bits per heavy atom. The summed E-state index contributed by atoms with van der Waals surface area (Å²) >= 11 is 6.14. The van der Waals surface area contributed by atoms with Crippen LogP contribution in [0.25, 0.3) is 10.9 Å². The fourth-order valence-corrected chi connectivity index (χ4v) is 2.50. The SMILES string of the molecule is Cc1ccc(C(O)c2cccc3cccnc23)cc1Cl. The minimum absolute atomic E-state index is 0.662. The maximum Gasteiger partial charge on any atom is 0.106 e. The van der Waals surface area contributed by atoms with Crippen molar-refractivity contribution in [1.82, 2.24) is 4.98 Å². The molecule has 3 rings (SSSR count). The van der Waals surface area contributed by atoms with E-state index in [0.717, 1.165) is 27.6 Å². The number of hydrogen-bond acceptors (Lipinski definition) is 2. The number of benzene rings is 2. The van der Waals surface area contributed by atoms with Gasteiger partial charge in [0.15, 0.2) is 0 Å². The van der Waals surface area contributed by atoms with Crippen LogP contribution >= 0.6 is 11.6 Å². The highest BCUT2D eigenvalue weighted by molar-refractivity contribution is 6.31. The maximum atomic E-state index is 10.6. The van der Waals surface area contributed by atoms with E-state index in [1.165, 1.54) is 0 Å². The second kappa shape index (κ2) is 5.23. The van der Waals surface area contributed by atoms with Crippen molar-refractivity contribution < 1.29 is 5.11 Å². The van der Waals surface area contributed by atoms with Gasteiger partial charge < -0.3 is 5.11 Å². The molecular formula is C17H14ClNO. The summed E-state index contributed by atoms with van der Waals surface area (Å²) in [6.45, 7) is 1.94. The number of aliphatic hydroxyl groups excluding tert-OH is 1. The molecule has 0 amide bonds. The van der Waals surface area contributed by atoms with Crippen LogP contribution in [0.15, 0.2) is 54.7 Å². The molecule has 1 aromatic heterocycles. The lowest BCUT2D eigenvalue weighted by molar-refractivity contribution is 0.221. The third kappa shape index (κ3) is 2.28. The van der Waals surface area contributed by atoms with Crippen LogP contribution in [-0.4, -0.2) is 10.1 Å². The lowest BCUT2D eigenvalue weighted by Crippen LogP contribution is -2.01. The molecule has 2 nitrogen and oxygen atoms in total. The van der Waals surface area contributed by atoms with Crippen LogP contribution in [0, 0.1) is 6.92 Å². The minimum Gasteiger partial charge on any atom is -0.384 e. The number of nitrogens with zero attached hydrogens (tertiary/aromatic N) is 1. The van der Waals surface area contributed by atoms with Gasteiger partial charge in [-0.2, -0.15) is 0 Å². The van der Waals surface area contributed by atoms with Gasteiger partial charge in [-0.05, 0) is 30.2 Å². The van der Waals surface area contributed by atoms with E-state index in [1.54, 1.807) is 6.20 Å². The van der Waals surface area contributed by atoms with Crippen LogP contribution in [0.1, 0.15) is 22.8 Å². The van der Waals surface area contributed by atoms with E-state index >= 15 is 0 Å². The molecule has 100 valence electrons. The van der Waals surface area contributed by atoms with Crippen LogP contribution < -0.4 is 0 Å². The van der Waals surface area contributed by atoms with Crippen molar-refractivity contribution in [1.29, 1.82) is 0 Å². The van der Waals surface area contributed by atoms with Crippen LogP contribution in [0.2, 0.25) is 5.02 Å². The Labute approximate surface area is 122 Å². The number of rotatable bonds is 2. The van der Waals surface area contributed by atoms with Crippen molar-refractivity contribution in [2.45, 2.75) is 13.0 Å². The molecule has 1 atom stereocenters. The highest BCUT2D eigenvalue weighted by atomic mass is 35.5. The molecule has 0 spiro atoms. The number of hydrogen-bond donors (Lipinski definition) is 1. The summed E-state index contributed by atoms with van der Waals surface area (Å²) in [6.07, 6.45) is 1.01. The van der Waals surface area contributed by atoms with E-state index in [0.29, 0.717) is 5.02 Å². The highest BCUT2D eigenvalue weighted by Gasteiger charge is 2.15. The number of halogens is 1. The quantitative estimate of drug-likeness (QED) is 0.761. The average molecular weight is 284 g/mol. The van der Waals surface area contributed by atoms with E-state index in [-0.39, 0.29) is 0 Å². The molecular weight excluding hydrogens is 270 g/mol. The van der Waals surface area contributed by atoms with Crippen LogP contribution in [0.4, 0.5) is 0 Å². The average Bonchev–Trinajstić information content (AvgIpc) is 2.49. The van der Waals surface area contributed by atoms with Crippen molar-refractivity contribution >= 4 is 22.5 Å². The molecule has 0 fully saturated rings.